The molecule has 11 rings (SSSR count). The number of furan rings is 1. The van der Waals surface area contributed by atoms with Crippen LogP contribution in [0.4, 0.5) is 0 Å². The van der Waals surface area contributed by atoms with E-state index in [4.69, 9.17) is 4.42 Å². The van der Waals surface area contributed by atoms with Crippen molar-refractivity contribution in [2.24, 2.45) is 0 Å². The predicted molar refractivity (Wildman–Crippen MR) is 217 cm³/mol. The average molecular weight is 721 g/mol. The third kappa shape index (κ3) is 4.00. The SMILES string of the molecule is Brc1cccc2oc3ccc(-c4ccc5c(c4)c4c6ccccc6c6c7ccccc7sc6c4n5-c4ccc(-c5ccccc5)cc4)cc3c12. The van der Waals surface area contributed by atoms with Crippen LogP contribution < -0.4 is 0 Å². The van der Waals surface area contributed by atoms with Gasteiger partial charge in [0.1, 0.15) is 11.2 Å². The van der Waals surface area contributed by atoms with Gasteiger partial charge in [-0.1, -0.05) is 119 Å². The molecule has 234 valence electrons. The molecular formula is C46H26BrNOS. The summed E-state index contributed by atoms with van der Waals surface area (Å²) in [6.07, 6.45) is 0. The Morgan fingerprint density at radius 1 is 0.460 bits per heavy atom. The van der Waals surface area contributed by atoms with Crippen molar-refractivity contribution in [1.82, 2.24) is 4.57 Å². The molecule has 0 atom stereocenters. The van der Waals surface area contributed by atoms with E-state index in [0.29, 0.717) is 0 Å². The molecule has 2 nitrogen and oxygen atoms in total. The van der Waals surface area contributed by atoms with E-state index in [2.05, 4.69) is 166 Å². The zero-order chi connectivity index (χ0) is 32.9. The summed E-state index contributed by atoms with van der Waals surface area (Å²) in [5, 5.41) is 9.99. The Balaban J connectivity index is 1.24. The van der Waals surface area contributed by atoms with Gasteiger partial charge >= 0.3 is 0 Å². The molecule has 0 unspecified atom stereocenters. The third-order valence-corrected chi connectivity index (χ3v) is 12.1. The molecule has 4 heteroatoms. The Hall–Kier alpha value is -5.68. The van der Waals surface area contributed by atoms with E-state index in [-0.39, 0.29) is 0 Å². The maximum atomic E-state index is 6.22. The van der Waals surface area contributed by atoms with Crippen LogP contribution >= 0.6 is 27.3 Å². The van der Waals surface area contributed by atoms with Gasteiger partial charge in [0.05, 0.1) is 15.7 Å². The highest BCUT2D eigenvalue weighted by molar-refractivity contribution is 9.10. The van der Waals surface area contributed by atoms with Gasteiger partial charge in [-0.15, -0.1) is 11.3 Å². The lowest BCUT2D eigenvalue weighted by molar-refractivity contribution is 0.669. The molecule has 0 bridgehead atoms. The van der Waals surface area contributed by atoms with Crippen molar-refractivity contribution in [3.05, 3.63) is 162 Å². The van der Waals surface area contributed by atoms with Crippen molar-refractivity contribution in [3.63, 3.8) is 0 Å². The highest BCUT2D eigenvalue weighted by Crippen LogP contribution is 2.48. The fourth-order valence-corrected chi connectivity index (χ4v) is 9.84. The van der Waals surface area contributed by atoms with Crippen LogP contribution in [0.15, 0.2) is 167 Å². The topological polar surface area (TPSA) is 18.1 Å². The molecule has 50 heavy (non-hydrogen) atoms. The van der Waals surface area contributed by atoms with Gasteiger partial charge in [0.25, 0.3) is 0 Å². The van der Waals surface area contributed by atoms with Crippen LogP contribution in [0.3, 0.4) is 0 Å². The van der Waals surface area contributed by atoms with Gasteiger partial charge in [0.2, 0.25) is 0 Å². The molecule has 3 heterocycles. The summed E-state index contributed by atoms with van der Waals surface area (Å²) in [7, 11) is 0. The second kappa shape index (κ2) is 10.7. The second-order valence-electron chi connectivity index (χ2n) is 13.0. The van der Waals surface area contributed by atoms with E-state index >= 15 is 0 Å². The number of nitrogens with zero attached hydrogens (tertiary/aromatic N) is 1. The van der Waals surface area contributed by atoms with E-state index in [1.165, 1.54) is 75.0 Å². The zero-order valence-electron chi connectivity index (χ0n) is 26.7. The molecule has 0 aliphatic rings. The van der Waals surface area contributed by atoms with E-state index in [1.807, 2.05) is 23.5 Å². The zero-order valence-corrected chi connectivity index (χ0v) is 29.1. The number of fused-ring (bicyclic) bond motifs is 13. The maximum absolute atomic E-state index is 6.22. The van der Waals surface area contributed by atoms with Crippen LogP contribution in [0.1, 0.15) is 0 Å². The fraction of sp³-hybridized carbons (Fsp3) is 0. The van der Waals surface area contributed by atoms with E-state index in [0.717, 1.165) is 32.1 Å². The van der Waals surface area contributed by atoms with Crippen LogP contribution in [0.25, 0.3) is 103 Å². The molecule has 11 aromatic rings. The van der Waals surface area contributed by atoms with Crippen molar-refractivity contribution in [1.29, 1.82) is 0 Å². The first-order valence-corrected chi connectivity index (χ1v) is 18.4. The molecule has 0 spiro atoms. The van der Waals surface area contributed by atoms with Crippen LogP contribution in [0.2, 0.25) is 0 Å². The maximum Gasteiger partial charge on any atom is 0.136 e. The second-order valence-corrected chi connectivity index (χ2v) is 14.9. The van der Waals surface area contributed by atoms with Crippen molar-refractivity contribution < 1.29 is 4.42 Å². The minimum absolute atomic E-state index is 0.891. The Morgan fingerprint density at radius 2 is 1.12 bits per heavy atom. The summed E-state index contributed by atoms with van der Waals surface area (Å²) >= 11 is 5.67. The standard InChI is InChI=1S/C46H26BrNOS/c47-37-14-8-15-40-44(37)36-26-30(20-24-39(36)49-40)29-19-23-38-35(25-29)42-32-11-4-5-12-33(32)43-34-13-6-7-16-41(34)50-46(43)45(42)48(38)31-21-17-28(18-22-31)27-9-2-1-3-10-27/h1-26H. The Kier molecular flexibility index (Phi) is 6.01. The van der Waals surface area contributed by atoms with Crippen molar-refractivity contribution in [2.75, 3.05) is 0 Å². The summed E-state index contributed by atoms with van der Waals surface area (Å²) in [6.45, 7) is 0. The molecule has 3 aromatic heterocycles. The van der Waals surface area contributed by atoms with E-state index < -0.39 is 0 Å². The van der Waals surface area contributed by atoms with Gasteiger partial charge in [-0.05, 0) is 87.6 Å². The lowest BCUT2D eigenvalue weighted by Gasteiger charge is -2.11. The predicted octanol–water partition coefficient (Wildman–Crippen LogP) is 14.3. The normalized spacial score (nSPS) is 12.1. The number of rotatable bonds is 3. The number of hydrogen-bond donors (Lipinski definition) is 0. The Morgan fingerprint density at radius 3 is 1.94 bits per heavy atom. The minimum Gasteiger partial charge on any atom is -0.456 e. The third-order valence-electron chi connectivity index (χ3n) is 10.3. The molecule has 0 saturated carbocycles. The van der Waals surface area contributed by atoms with Crippen LogP contribution in [-0.2, 0) is 0 Å². The van der Waals surface area contributed by atoms with Gasteiger partial charge in [-0.3, -0.25) is 0 Å². The smallest absolute Gasteiger partial charge is 0.136 e. The monoisotopic (exact) mass is 719 g/mol. The summed E-state index contributed by atoms with van der Waals surface area (Å²) in [5.41, 5.74) is 10.2. The highest BCUT2D eigenvalue weighted by Gasteiger charge is 2.22. The molecule has 0 amide bonds. The van der Waals surface area contributed by atoms with E-state index in [1.54, 1.807) is 0 Å². The molecule has 0 fully saturated rings. The molecule has 8 aromatic carbocycles. The largest absolute Gasteiger partial charge is 0.456 e. The fourth-order valence-electron chi connectivity index (χ4n) is 8.02. The Bertz CT molecular complexity index is 3150. The lowest BCUT2D eigenvalue weighted by Crippen LogP contribution is -1.94. The van der Waals surface area contributed by atoms with Gasteiger partial charge in [-0.25, -0.2) is 0 Å². The molecular weight excluding hydrogens is 694 g/mol. The Labute approximate surface area is 299 Å². The first kappa shape index (κ1) is 28.2. The van der Waals surface area contributed by atoms with Crippen LogP contribution in [-0.4, -0.2) is 4.57 Å². The number of hydrogen-bond acceptors (Lipinski definition) is 2. The van der Waals surface area contributed by atoms with Crippen molar-refractivity contribution >= 4 is 102 Å². The van der Waals surface area contributed by atoms with Crippen LogP contribution in [0.5, 0.6) is 0 Å². The molecule has 0 aliphatic carbocycles. The number of thiophene rings is 1. The summed E-state index contributed by atoms with van der Waals surface area (Å²) in [5.74, 6) is 0. The summed E-state index contributed by atoms with van der Waals surface area (Å²) < 4.78 is 12.4. The van der Waals surface area contributed by atoms with Gasteiger partial charge in [-0.2, -0.15) is 0 Å². The summed E-state index contributed by atoms with van der Waals surface area (Å²) in [6, 6.07) is 57.2. The minimum atomic E-state index is 0.891. The van der Waals surface area contributed by atoms with Gasteiger partial charge < -0.3 is 8.98 Å². The van der Waals surface area contributed by atoms with E-state index in [9.17, 15) is 0 Å². The lowest BCUT2D eigenvalue weighted by atomic mass is 9.97. The average Bonchev–Trinajstić information content (AvgIpc) is 3.85. The van der Waals surface area contributed by atoms with Gasteiger partial charge in [0, 0.05) is 47.2 Å². The first-order chi connectivity index (χ1) is 24.7. The number of halogens is 1. The number of benzene rings is 8. The van der Waals surface area contributed by atoms with Crippen molar-refractivity contribution in [2.45, 2.75) is 0 Å². The van der Waals surface area contributed by atoms with Crippen molar-refractivity contribution in [3.8, 4) is 27.9 Å². The first-order valence-electron chi connectivity index (χ1n) is 16.8. The van der Waals surface area contributed by atoms with Gasteiger partial charge in [0.15, 0.2) is 0 Å². The van der Waals surface area contributed by atoms with Crippen LogP contribution in [0, 0.1) is 0 Å². The molecule has 0 aliphatic heterocycles. The molecule has 0 saturated heterocycles. The highest BCUT2D eigenvalue weighted by atomic mass is 79.9. The molecule has 0 N–H and O–H groups in total. The number of aromatic nitrogens is 1. The quantitative estimate of drug-likeness (QED) is 0.178. The summed E-state index contributed by atoms with van der Waals surface area (Å²) in [4.78, 5) is 0. The molecule has 0 radical (unpaired) electrons.